The molecule has 0 saturated carbocycles. The van der Waals surface area contributed by atoms with Crippen LogP contribution in [0.25, 0.3) is 50.2 Å². The van der Waals surface area contributed by atoms with Crippen molar-refractivity contribution >= 4 is 38.8 Å². The van der Waals surface area contributed by atoms with E-state index >= 15 is 26.3 Å². The average Bonchev–Trinajstić information content (AvgIpc) is 3.68. The van der Waals surface area contributed by atoms with Crippen molar-refractivity contribution in [2.75, 3.05) is 0 Å². The molecule has 2 nitrogen and oxygen atoms in total. The molecule has 1 unspecified atom stereocenters. The van der Waals surface area contributed by atoms with Crippen molar-refractivity contribution in [3.8, 4) is 11.4 Å². The Hall–Kier alpha value is -6.08. The molecule has 20 heteroatoms. The molecule has 0 N–H and O–H groups in total. The van der Waals surface area contributed by atoms with Crippen LogP contribution in [0.3, 0.4) is 0 Å². The van der Waals surface area contributed by atoms with Gasteiger partial charge in [0.25, 0.3) is 0 Å². The van der Waals surface area contributed by atoms with Crippen LogP contribution in [0, 0.1) is 5.92 Å². The van der Waals surface area contributed by atoms with E-state index in [4.69, 9.17) is 0 Å². The number of allylic oxidation sites excluding steroid dienone is 1. The Morgan fingerprint density at radius 1 is 0.397 bits per heavy atom. The van der Waals surface area contributed by atoms with E-state index in [2.05, 4.69) is 0 Å². The predicted octanol–water partition coefficient (Wildman–Crippen LogP) is 14.9. The van der Waals surface area contributed by atoms with E-state index in [0.29, 0.717) is 60.7 Å². The van der Waals surface area contributed by atoms with Gasteiger partial charge in [-0.25, -0.2) is 0 Å². The van der Waals surface area contributed by atoms with Crippen LogP contribution in [0.15, 0.2) is 109 Å². The summed E-state index contributed by atoms with van der Waals surface area (Å²) in [5.41, 5.74) is -12.6. The number of halogens is 18. The minimum atomic E-state index is -6.16. The lowest BCUT2D eigenvalue weighted by Crippen LogP contribution is -2.54. The van der Waals surface area contributed by atoms with Crippen molar-refractivity contribution in [1.82, 2.24) is 9.13 Å². The number of hydrogen-bond donors (Lipinski definition) is 0. The van der Waals surface area contributed by atoms with Crippen molar-refractivity contribution < 1.29 is 79.0 Å². The van der Waals surface area contributed by atoms with Crippen LogP contribution in [0.4, 0.5) is 79.0 Å². The summed E-state index contributed by atoms with van der Waals surface area (Å²) in [4.78, 5) is 0. The lowest BCUT2D eigenvalue weighted by Gasteiger charge is -2.38. The van der Waals surface area contributed by atoms with Gasteiger partial charge in [-0.3, -0.25) is 0 Å². The minimum absolute atomic E-state index is 0.0969. The maximum atomic E-state index is 15.3. The van der Waals surface area contributed by atoms with Crippen molar-refractivity contribution in [2.45, 2.75) is 48.9 Å². The molecule has 0 saturated heterocycles. The number of aromatic nitrogens is 2. The maximum Gasteiger partial charge on any atom is 0.416 e. The number of hydrogen-bond acceptors (Lipinski definition) is 0. The van der Waals surface area contributed by atoms with Crippen LogP contribution in [-0.4, -0.2) is 27.7 Å². The quantitative estimate of drug-likeness (QED) is 0.156. The first-order valence-electron chi connectivity index (χ1n) is 18.1. The summed E-state index contributed by atoms with van der Waals surface area (Å²) >= 11 is 0. The van der Waals surface area contributed by atoms with Crippen LogP contribution < -0.4 is 0 Å². The highest BCUT2D eigenvalue weighted by Crippen LogP contribution is 2.57. The van der Waals surface area contributed by atoms with Gasteiger partial charge >= 0.3 is 37.1 Å². The third-order valence-corrected chi connectivity index (χ3v) is 11.2. The fourth-order valence-electron chi connectivity index (χ4n) is 8.30. The average molecular weight is 909 g/mol. The first kappa shape index (κ1) is 43.6. The van der Waals surface area contributed by atoms with Gasteiger partial charge in [-0.05, 0) is 108 Å². The minimum Gasteiger partial charge on any atom is -0.310 e. The normalized spacial score (nSPS) is 15.8. The molecule has 0 fully saturated rings. The van der Waals surface area contributed by atoms with Crippen molar-refractivity contribution in [2.24, 2.45) is 5.92 Å². The monoisotopic (exact) mass is 908 g/mol. The molecule has 63 heavy (non-hydrogen) atoms. The molecule has 330 valence electrons. The van der Waals surface area contributed by atoms with E-state index in [1.54, 1.807) is 0 Å². The van der Waals surface area contributed by atoms with Gasteiger partial charge in [-0.15, -0.1) is 0 Å². The highest BCUT2D eigenvalue weighted by atomic mass is 19.4. The summed E-state index contributed by atoms with van der Waals surface area (Å²) in [6.45, 7) is 0. The topological polar surface area (TPSA) is 9.86 Å². The van der Waals surface area contributed by atoms with Crippen LogP contribution in [-0.2, 0) is 30.4 Å². The fraction of sp³-hybridized carbons (Fsp3) is 0.209. The molecule has 1 aliphatic carbocycles. The molecule has 8 rings (SSSR count). The molecule has 2 aromatic heterocycles. The summed E-state index contributed by atoms with van der Waals surface area (Å²) in [6, 6.07) is 11.2. The largest absolute Gasteiger partial charge is 0.416 e. The van der Waals surface area contributed by atoms with Gasteiger partial charge in [0.1, 0.15) is 0 Å². The smallest absolute Gasteiger partial charge is 0.310 e. The predicted molar refractivity (Wildman–Crippen MR) is 194 cm³/mol. The van der Waals surface area contributed by atoms with Gasteiger partial charge in [-0.2, -0.15) is 79.0 Å². The maximum absolute atomic E-state index is 15.3. The van der Waals surface area contributed by atoms with Gasteiger partial charge in [0.15, 0.2) is 0 Å². The van der Waals surface area contributed by atoms with E-state index in [-0.39, 0.29) is 55.3 Å². The Morgan fingerprint density at radius 2 is 0.746 bits per heavy atom. The Labute approximate surface area is 341 Å². The van der Waals surface area contributed by atoms with Gasteiger partial charge in [0.05, 0.1) is 39.2 Å². The Kier molecular flexibility index (Phi) is 9.65. The summed E-state index contributed by atoms with van der Waals surface area (Å²) < 4.78 is 258. The first-order chi connectivity index (χ1) is 29.0. The lowest BCUT2D eigenvalue weighted by molar-refractivity contribution is -0.288. The second kappa shape index (κ2) is 14.0. The number of benzene rings is 5. The first-order valence-corrected chi connectivity index (χ1v) is 18.1. The number of rotatable bonds is 4. The molecular formula is C43H22F18N2. The van der Waals surface area contributed by atoms with Crippen LogP contribution in [0.2, 0.25) is 0 Å². The summed E-state index contributed by atoms with van der Waals surface area (Å²) in [6.07, 6.45) is -31.1. The number of fused-ring (bicyclic) bond motifs is 6. The van der Waals surface area contributed by atoms with Gasteiger partial charge in [0, 0.05) is 33.2 Å². The molecular weight excluding hydrogens is 886 g/mol. The van der Waals surface area contributed by atoms with Crippen LogP contribution in [0.5, 0.6) is 0 Å². The zero-order valence-electron chi connectivity index (χ0n) is 31.0. The van der Waals surface area contributed by atoms with Gasteiger partial charge in [0.2, 0.25) is 5.41 Å². The van der Waals surface area contributed by atoms with Crippen molar-refractivity contribution in [3.05, 3.63) is 148 Å². The molecule has 7 aromatic rings. The van der Waals surface area contributed by atoms with E-state index in [1.165, 1.54) is 0 Å². The number of alkyl halides is 18. The molecule has 1 atom stereocenters. The Balaban J connectivity index is 1.27. The molecule has 0 radical (unpaired) electrons. The second-order valence-corrected chi connectivity index (χ2v) is 14.8. The zero-order chi connectivity index (χ0) is 46.0. The highest BCUT2D eigenvalue weighted by Gasteiger charge is 2.72. The Bertz CT molecular complexity index is 2850. The van der Waals surface area contributed by atoms with E-state index < -0.39 is 82.6 Å². The molecule has 1 aliphatic rings. The molecule has 5 aromatic carbocycles. The second-order valence-electron chi connectivity index (χ2n) is 14.8. The van der Waals surface area contributed by atoms with Crippen LogP contribution in [0.1, 0.15) is 39.1 Å². The zero-order valence-corrected chi connectivity index (χ0v) is 31.0. The Morgan fingerprint density at radius 3 is 1.11 bits per heavy atom. The number of nitrogens with zero attached hydrogens (tertiary/aromatic N) is 2. The van der Waals surface area contributed by atoms with Crippen molar-refractivity contribution in [3.63, 3.8) is 0 Å². The van der Waals surface area contributed by atoms with E-state index in [0.717, 1.165) is 63.8 Å². The van der Waals surface area contributed by atoms with E-state index in [9.17, 15) is 52.7 Å². The fourth-order valence-corrected chi connectivity index (χ4v) is 8.30. The highest BCUT2D eigenvalue weighted by molar-refractivity contribution is 6.09. The third-order valence-electron chi connectivity index (χ3n) is 11.2. The summed E-state index contributed by atoms with van der Waals surface area (Å²) in [5.74, 6) is -2.12. The third kappa shape index (κ3) is 7.04. The lowest BCUT2D eigenvalue weighted by atomic mass is 9.73. The summed E-state index contributed by atoms with van der Waals surface area (Å²) in [5, 5.41) is -1.00. The van der Waals surface area contributed by atoms with Gasteiger partial charge < -0.3 is 9.13 Å². The molecule has 2 heterocycles. The van der Waals surface area contributed by atoms with Crippen molar-refractivity contribution in [1.29, 1.82) is 0 Å². The molecule has 0 amide bonds. The molecule has 0 bridgehead atoms. The van der Waals surface area contributed by atoms with E-state index in [1.807, 2.05) is 0 Å². The standard InChI is InChI=1S/C43H22F18N2/c44-38(45,46)23-5-13-33-29(17-23)30-18-24(39(47,48)49)6-14-34(30)62(33)27-9-1-21(2-10-27)37(42(56,57)58,43(59,60)61)22-3-11-28(12-4-22)63-35-15-7-25(40(50,51)52)19-31(35)32-20-26(41(53,54)55)8-16-36(32)63/h1-19,26H,20H2. The SMILES string of the molecule is FC(F)(F)c1ccc2c(c1)c1c(n2-c2ccc(C(c3ccc(-n4c5ccc(C(F)(F)F)cc5c5cc(C(F)(F)F)ccc54)cc3)(C(F)(F)F)C(F)(F)F)cc2)C=CC(C(F)(F)F)C1. The van der Waals surface area contributed by atoms with Gasteiger partial charge in [-0.1, -0.05) is 30.3 Å². The molecule has 0 aliphatic heterocycles. The summed E-state index contributed by atoms with van der Waals surface area (Å²) in [7, 11) is 0. The van der Waals surface area contributed by atoms with Crippen LogP contribution >= 0.6 is 0 Å². The molecule has 0 spiro atoms.